The summed E-state index contributed by atoms with van der Waals surface area (Å²) in [5.41, 5.74) is 0. The zero-order chi connectivity index (χ0) is 15.4. The van der Waals surface area contributed by atoms with Crippen molar-refractivity contribution < 1.29 is 9.53 Å². The summed E-state index contributed by atoms with van der Waals surface area (Å²) in [5, 5.41) is 3.93. The summed E-state index contributed by atoms with van der Waals surface area (Å²) in [6.45, 7) is 0. The van der Waals surface area contributed by atoms with Crippen molar-refractivity contribution in [1.82, 2.24) is 5.32 Å². The zero-order valence-electron chi connectivity index (χ0n) is 13.6. The lowest BCUT2D eigenvalue weighted by Gasteiger charge is -2.33. The van der Waals surface area contributed by atoms with Gasteiger partial charge >= 0.3 is 0 Å². The van der Waals surface area contributed by atoms with Crippen LogP contribution in [0.2, 0.25) is 0 Å². The number of nitrogens with one attached hydrogen (secondary N) is 1. The highest BCUT2D eigenvalue weighted by Crippen LogP contribution is 2.44. The summed E-state index contributed by atoms with van der Waals surface area (Å²) < 4.78 is 5.19. The number of methoxy groups -OCH3 is 1. The Kier molecular flexibility index (Phi) is 5.45. The zero-order valence-corrected chi connectivity index (χ0v) is 14.4. The molecule has 3 aliphatic rings. The molecule has 2 aliphatic carbocycles. The Bertz CT molecular complexity index is 432. The molecule has 2 saturated carbocycles. The Balaban J connectivity index is 1.66. The third-order valence-corrected chi connectivity index (χ3v) is 6.65. The highest BCUT2D eigenvalue weighted by molar-refractivity contribution is 8.16. The molecule has 124 valence electrons. The minimum absolute atomic E-state index is 0.156. The molecule has 2 atom stereocenters. The minimum Gasteiger partial charge on any atom is -0.381 e. The molecule has 0 aromatic carbocycles. The summed E-state index contributed by atoms with van der Waals surface area (Å²) in [6, 6.07) is 0.403. The molecule has 22 heavy (non-hydrogen) atoms. The van der Waals surface area contributed by atoms with Gasteiger partial charge in [-0.15, -0.1) is 0 Å². The smallest absolute Gasteiger partial charge is 0.242 e. The number of hydrogen-bond acceptors (Lipinski definition) is 4. The SMILES string of the molecule is COC1CCCC2(C1)SC(=NC1CCCCCCC1)NC2=O. The van der Waals surface area contributed by atoms with Gasteiger partial charge in [-0.05, 0) is 38.5 Å². The summed E-state index contributed by atoms with van der Waals surface area (Å²) in [4.78, 5) is 17.4. The van der Waals surface area contributed by atoms with E-state index in [9.17, 15) is 4.79 Å². The summed E-state index contributed by atoms with van der Waals surface area (Å²) in [7, 11) is 1.75. The quantitative estimate of drug-likeness (QED) is 0.843. The van der Waals surface area contributed by atoms with E-state index in [2.05, 4.69) is 5.32 Å². The van der Waals surface area contributed by atoms with Crippen molar-refractivity contribution in [2.24, 2.45) is 4.99 Å². The Morgan fingerprint density at radius 3 is 2.59 bits per heavy atom. The van der Waals surface area contributed by atoms with Crippen LogP contribution in [-0.4, -0.2) is 35.1 Å². The van der Waals surface area contributed by atoms with Gasteiger partial charge in [0, 0.05) is 7.11 Å². The number of amidine groups is 1. The third-order valence-electron chi connectivity index (χ3n) is 5.30. The lowest BCUT2D eigenvalue weighted by atomic mass is 9.85. The molecule has 0 aromatic heterocycles. The van der Waals surface area contributed by atoms with Gasteiger partial charge in [0.2, 0.25) is 5.91 Å². The van der Waals surface area contributed by atoms with Gasteiger partial charge in [-0.3, -0.25) is 9.79 Å². The topological polar surface area (TPSA) is 50.7 Å². The van der Waals surface area contributed by atoms with Crippen LogP contribution in [0.4, 0.5) is 0 Å². The largest absolute Gasteiger partial charge is 0.381 e. The molecule has 0 aromatic rings. The van der Waals surface area contributed by atoms with E-state index in [1.165, 1.54) is 44.9 Å². The van der Waals surface area contributed by atoms with E-state index in [0.717, 1.165) is 30.9 Å². The first-order valence-electron chi connectivity index (χ1n) is 8.83. The van der Waals surface area contributed by atoms with E-state index < -0.39 is 0 Å². The van der Waals surface area contributed by atoms with Crippen LogP contribution >= 0.6 is 11.8 Å². The second kappa shape index (κ2) is 7.35. The predicted molar refractivity (Wildman–Crippen MR) is 91.3 cm³/mol. The van der Waals surface area contributed by atoms with Crippen LogP contribution in [0.3, 0.4) is 0 Å². The number of amides is 1. The van der Waals surface area contributed by atoms with Crippen LogP contribution in [0, 0.1) is 0 Å². The standard InChI is InChI=1S/C17H28N2O2S/c1-21-14-10-7-11-17(12-14)15(20)19-16(22-17)18-13-8-5-3-2-4-6-9-13/h13-14H,2-12H2,1H3,(H,18,19,20). The summed E-state index contributed by atoms with van der Waals surface area (Å²) in [5.74, 6) is 0.156. The van der Waals surface area contributed by atoms with Gasteiger partial charge in [-0.2, -0.15) is 0 Å². The van der Waals surface area contributed by atoms with Crippen LogP contribution in [0.25, 0.3) is 0 Å². The van der Waals surface area contributed by atoms with Crippen molar-refractivity contribution in [3.8, 4) is 0 Å². The first-order chi connectivity index (χ1) is 10.7. The van der Waals surface area contributed by atoms with E-state index in [0.29, 0.717) is 6.04 Å². The summed E-state index contributed by atoms with van der Waals surface area (Å²) in [6.07, 6.45) is 13.1. The van der Waals surface area contributed by atoms with Crippen molar-refractivity contribution in [3.63, 3.8) is 0 Å². The molecule has 1 aliphatic heterocycles. The van der Waals surface area contributed by atoms with Gasteiger partial charge in [-0.25, -0.2) is 0 Å². The van der Waals surface area contributed by atoms with Crippen LogP contribution in [0.15, 0.2) is 4.99 Å². The van der Waals surface area contributed by atoms with Crippen LogP contribution in [0.5, 0.6) is 0 Å². The van der Waals surface area contributed by atoms with Crippen molar-refractivity contribution >= 4 is 22.8 Å². The number of carbonyl (C=O) groups is 1. The molecule has 1 heterocycles. The average Bonchev–Trinajstić information content (AvgIpc) is 2.77. The number of hydrogen-bond donors (Lipinski definition) is 1. The fraction of sp³-hybridized carbons (Fsp3) is 0.882. The van der Waals surface area contributed by atoms with Gasteiger partial charge in [-0.1, -0.05) is 43.9 Å². The molecule has 0 bridgehead atoms. The maximum absolute atomic E-state index is 12.5. The number of rotatable bonds is 2. The number of ether oxygens (including phenoxy) is 1. The molecule has 0 radical (unpaired) electrons. The van der Waals surface area contributed by atoms with Crippen molar-refractivity contribution in [1.29, 1.82) is 0 Å². The monoisotopic (exact) mass is 324 g/mol. The second-order valence-corrected chi connectivity index (χ2v) is 8.31. The number of thioether (sulfide) groups is 1. The molecule has 3 rings (SSSR count). The van der Waals surface area contributed by atoms with Gasteiger partial charge in [0.15, 0.2) is 5.17 Å². The predicted octanol–water partition coefficient (Wildman–Crippen LogP) is 3.65. The van der Waals surface area contributed by atoms with Gasteiger partial charge < -0.3 is 10.1 Å². The van der Waals surface area contributed by atoms with Gasteiger partial charge in [0.1, 0.15) is 4.75 Å². The molecule has 1 N–H and O–H groups in total. The summed E-state index contributed by atoms with van der Waals surface area (Å²) >= 11 is 1.68. The Morgan fingerprint density at radius 1 is 1.14 bits per heavy atom. The van der Waals surface area contributed by atoms with E-state index in [4.69, 9.17) is 9.73 Å². The highest BCUT2D eigenvalue weighted by Gasteiger charge is 2.49. The lowest BCUT2D eigenvalue weighted by Crippen LogP contribution is -2.42. The van der Waals surface area contributed by atoms with E-state index >= 15 is 0 Å². The Labute approximate surface area is 137 Å². The minimum atomic E-state index is -0.320. The van der Waals surface area contributed by atoms with Gasteiger partial charge in [0.25, 0.3) is 0 Å². The van der Waals surface area contributed by atoms with E-state index in [-0.39, 0.29) is 16.8 Å². The van der Waals surface area contributed by atoms with Crippen LogP contribution in [0.1, 0.15) is 70.6 Å². The molecule has 2 unspecified atom stereocenters. The number of carbonyl (C=O) groups excluding carboxylic acids is 1. The first-order valence-corrected chi connectivity index (χ1v) is 9.64. The van der Waals surface area contributed by atoms with Crippen molar-refractivity contribution in [3.05, 3.63) is 0 Å². The first kappa shape index (κ1) is 16.3. The maximum Gasteiger partial charge on any atom is 0.242 e. The van der Waals surface area contributed by atoms with Crippen LogP contribution < -0.4 is 5.32 Å². The molecule has 1 saturated heterocycles. The second-order valence-electron chi connectivity index (χ2n) is 6.94. The fourth-order valence-electron chi connectivity index (χ4n) is 3.94. The number of nitrogens with zero attached hydrogens (tertiary/aromatic N) is 1. The number of aliphatic imine (C=N–C) groups is 1. The highest BCUT2D eigenvalue weighted by atomic mass is 32.2. The van der Waals surface area contributed by atoms with Crippen LogP contribution in [-0.2, 0) is 9.53 Å². The molecule has 4 nitrogen and oxygen atoms in total. The Morgan fingerprint density at radius 2 is 1.86 bits per heavy atom. The third kappa shape index (κ3) is 3.67. The molecule has 1 amide bonds. The van der Waals surface area contributed by atoms with Crippen molar-refractivity contribution in [2.75, 3.05) is 7.11 Å². The maximum atomic E-state index is 12.5. The normalized spacial score (nSPS) is 36.3. The van der Waals surface area contributed by atoms with Gasteiger partial charge in [0.05, 0.1) is 12.1 Å². The molecular weight excluding hydrogens is 296 g/mol. The lowest BCUT2D eigenvalue weighted by molar-refractivity contribution is -0.123. The average molecular weight is 324 g/mol. The molecule has 5 heteroatoms. The Hall–Kier alpha value is -0.550. The fourth-order valence-corrected chi connectivity index (χ4v) is 5.32. The molecule has 3 fully saturated rings. The van der Waals surface area contributed by atoms with Crippen molar-refractivity contribution in [2.45, 2.75) is 87.5 Å². The molecular formula is C17H28N2O2S. The molecule has 1 spiro atoms. The van der Waals surface area contributed by atoms with E-state index in [1.807, 2.05) is 0 Å². The van der Waals surface area contributed by atoms with E-state index in [1.54, 1.807) is 18.9 Å².